The third-order valence-corrected chi connectivity index (χ3v) is 4.74. The van der Waals surface area contributed by atoms with Crippen molar-refractivity contribution in [2.24, 2.45) is 23.1 Å². The molecule has 0 aromatic heterocycles. The molecule has 0 radical (unpaired) electrons. The molecule has 2 aliphatic rings. The van der Waals surface area contributed by atoms with Crippen molar-refractivity contribution in [2.75, 3.05) is 19.6 Å². The highest BCUT2D eigenvalue weighted by atomic mass is 16.2. The summed E-state index contributed by atoms with van der Waals surface area (Å²) in [6, 6.07) is 0. The molecule has 0 aromatic carbocycles. The van der Waals surface area contributed by atoms with Crippen LogP contribution in [0.15, 0.2) is 0 Å². The number of nitrogens with two attached hydrogens (primary N) is 1. The maximum atomic E-state index is 11.7. The summed E-state index contributed by atoms with van der Waals surface area (Å²) in [4.78, 5) is 14.2. The van der Waals surface area contributed by atoms with E-state index in [1.165, 1.54) is 38.6 Å². The van der Waals surface area contributed by atoms with Crippen LogP contribution in [0.3, 0.4) is 0 Å². The second kappa shape index (κ2) is 5.57. The van der Waals surface area contributed by atoms with Crippen LogP contribution in [0.1, 0.15) is 46.0 Å². The van der Waals surface area contributed by atoms with E-state index in [1.54, 1.807) is 0 Å². The molecule has 2 fully saturated rings. The van der Waals surface area contributed by atoms with E-state index in [2.05, 4.69) is 10.3 Å². The third-order valence-electron chi connectivity index (χ3n) is 4.74. The molecule has 2 unspecified atom stereocenters. The standard InChI is InChI=1S/C14H27N3O/c1-14(2,13(18)16-15)10-17-8-7-11-5-3-4-6-12(11)9-17/h11-12H,3-10,15H2,1-2H3,(H,16,18). The number of fused-ring (bicyclic) bond motifs is 1. The lowest BCUT2D eigenvalue weighted by Crippen LogP contribution is -2.50. The Hall–Kier alpha value is -0.610. The number of piperidine rings is 1. The van der Waals surface area contributed by atoms with Gasteiger partial charge in [0, 0.05) is 13.1 Å². The molecule has 104 valence electrons. The maximum absolute atomic E-state index is 11.7. The van der Waals surface area contributed by atoms with Gasteiger partial charge in [0.1, 0.15) is 0 Å². The molecule has 0 aromatic rings. The molecule has 1 heterocycles. The number of nitrogens with zero attached hydrogens (tertiary/aromatic N) is 1. The Kier molecular flexibility index (Phi) is 4.28. The fourth-order valence-electron chi connectivity index (χ4n) is 3.65. The Morgan fingerprint density at radius 3 is 2.61 bits per heavy atom. The van der Waals surface area contributed by atoms with Crippen LogP contribution in [0, 0.1) is 17.3 Å². The fourth-order valence-corrected chi connectivity index (χ4v) is 3.65. The Morgan fingerprint density at radius 2 is 1.94 bits per heavy atom. The average molecular weight is 253 g/mol. The molecular weight excluding hydrogens is 226 g/mol. The molecule has 1 amide bonds. The molecule has 18 heavy (non-hydrogen) atoms. The molecule has 3 N–H and O–H groups in total. The number of nitrogens with one attached hydrogen (secondary N) is 1. The van der Waals surface area contributed by atoms with Crippen LogP contribution in [0.4, 0.5) is 0 Å². The Balaban J connectivity index is 1.89. The number of carbonyl (C=O) groups excluding carboxylic acids is 1. The molecule has 1 aliphatic heterocycles. The van der Waals surface area contributed by atoms with Crippen molar-refractivity contribution in [3.63, 3.8) is 0 Å². The van der Waals surface area contributed by atoms with E-state index in [4.69, 9.17) is 5.84 Å². The summed E-state index contributed by atoms with van der Waals surface area (Å²) in [7, 11) is 0. The van der Waals surface area contributed by atoms with E-state index in [0.29, 0.717) is 0 Å². The van der Waals surface area contributed by atoms with E-state index in [0.717, 1.165) is 24.9 Å². The van der Waals surface area contributed by atoms with E-state index < -0.39 is 5.41 Å². The summed E-state index contributed by atoms with van der Waals surface area (Å²) < 4.78 is 0. The first-order valence-corrected chi connectivity index (χ1v) is 7.26. The monoisotopic (exact) mass is 253 g/mol. The smallest absolute Gasteiger partial charge is 0.240 e. The lowest BCUT2D eigenvalue weighted by molar-refractivity contribution is -0.130. The molecule has 4 heteroatoms. The minimum atomic E-state index is -0.393. The predicted octanol–water partition coefficient (Wildman–Crippen LogP) is 1.51. The fraction of sp³-hybridized carbons (Fsp3) is 0.929. The van der Waals surface area contributed by atoms with Crippen LogP contribution in [0.5, 0.6) is 0 Å². The van der Waals surface area contributed by atoms with E-state index in [1.807, 2.05) is 13.8 Å². The van der Waals surface area contributed by atoms with Crippen molar-refractivity contribution >= 4 is 5.91 Å². The molecular formula is C14H27N3O. The molecule has 1 saturated carbocycles. The highest BCUT2D eigenvalue weighted by Gasteiger charge is 2.35. The highest BCUT2D eigenvalue weighted by molar-refractivity contribution is 5.81. The number of hydrogen-bond donors (Lipinski definition) is 2. The van der Waals surface area contributed by atoms with Crippen LogP contribution in [-0.2, 0) is 4.79 Å². The van der Waals surface area contributed by atoms with Gasteiger partial charge in [0.15, 0.2) is 0 Å². The Morgan fingerprint density at radius 1 is 1.28 bits per heavy atom. The number of amides is 1. The first-order chi connectivity index (χ1) is 8.53. The van der Waals surface area contributed by atoms with Crippen molar-refractivity contribution < 1.29 is 4.79 Å². The van der Waals surface area contributed by atoms with Gasteiger partial charge in [0.2, 0.25) is 5.91 Å². The zero-order valence-electron chi connectivity index (χ0n) is 11.7. The van der Waals surface area contributed by atoms with Crippen molar-refractivity contribution in [1.29, 1.82) is 0 Å². The quantitative estimate of drug-likeness (QED) is 0.455. The zero-order chi connectivity index (χ0) is 13.2. The number of rotatable bonds is 3. The van der Waals surface area contributed by atoms with Gasteiger partial charge in [-0.05, 0) is 45.1 Å². The summed E-state index contributed by atoms with van der Waals surface area (Å²) in [5, 5.41) is 0. The molecule has 0 bridgehead atoms. The minimum absolute atomic E-state index is 0.0618. The van der Waals surface area contributed by atoms with Gasteiger partial charge in [0.25, 0.3) is 0 Å². The molecule has 1 aliphatic carbocycles. The molecule has 4 nitrogen and oxygen atoms in total. The summed E-state index contributed by atoms with van der Waals surface area (Å²) in [6.45, 7) is 7.08. The van der Waals surface area contributed by atoms with Gasteiger partial charge in [0.05, 0.1) is 5.41 Å². The van der Waals surface area contributed by atoms with Crippen molar-refractivity contribution in [3.05, 3.63) is 0 Å². The van der Waals surface area contributed by atoms with Crippen molar-refractivity contribution in [3.8, 4) is 0 Å². The first kappa shape index (κ1) is 13.8. The van der Waals surface area contributed by atoms with Gasteiger partial charge in [-0.1, -0.05) is 19.3 Å². The third kappa shape index (κ3) is 3.04. The average Bonchev–Trinajstić information content (AvgIpc) is 2.37. The minimum Gasteiger partial charge on any atom is -0.302 e. The van der Waals surface area contributed by atoms with Gasteiger partial charge in [-0.3, -0.25) is 10.2 Å². The summed E-state index contributed by atoms with van der Waals surface area (Å²) >= 11 is 0. The number of carbonyl (C=O) groups is 1. The van der Waals surface area contributed by atoms with Crippen LogP contribution in [0.2, 0.25) is 0 Å². The van der Waals surface area contributed by atoms with Gasteiger partial charge < -0.3 is 4.90 Å². The highest BCUT2D eigenvalue weighted by Crippen LogP contribution is 2.36. The second-order valence-corrected chi connectivity index (χ2v) is 6.69. The predicted molar refractivity (Wildman–Crippen MR) is 72.6 cm³/mol. The first-order valence-electron chi connectivity index (χ1n) is 7.26. The zero-order valence-corrected chi connectivity index (χ0v) is 11.7. The number of hydrazine groups is 1. The van der Waals surface area contributed by atoms with Gasteiger partial charge >= 0.3 is 0 Å². The Labute approximate surface area is 110 Å². The largest absolute Gasteiger partial charge is 0.302 e. The maximum Gasteiger partial charge on any atom is 0.240 e. The van der Waals surface area contributed by atoms with E-state index in [9.17, 15) is 4.79 Å². The van der Waals surface area contributed by atoms with Gasteiger partial charge in [-0.15, -0.1) is 0 Å². The lowest BCUT2D eigenvalue weighted by atomic mass is 9.74. The number of hydrogen-bond acceptors (Lipinski definition) is 3. The van der Waals surface area contributed by atoms with Crippen molar-refractivity contribution in [2.45, 2.75) is 46.0 Å². The summed E-state index contributed by atoms with van der Waals surface area (Å²) in [5.41, 5.74) is 1.89. The normalized spacial score (nSPS) is 29.7. The lowest BCUT2D eigenvalue weighted by Gasteiger charge is -2.43. The molecule has 2 atom stereocenters. The second-order valence-electron chi connectivity index (χ2n) is 6.69. The topological polar surface area (TPSA) is 58.4 Å². The van der Waals surface area contributed by atoms with Crippen LogP contribution < -0.4 is 11.3 Å². The molecule has 1 saturated heterocycles. The summed E-state index contributed by atoms with van der Waals surface area (Å²) in [5.74, 6) is 7.00. The summed E-state index contributed by atoms with van der Waals surface area (Å²) in [6.07, 6.45) is 6.92. The van der Waals surface area contributed by atoms with Crippen LogP contribution in [-0.4, -0.2) is 30.4 Å². The van der Waals surface area contributed by atoms with Crippen LogP contribution >= 0.6 is 0 Å². The van der Waals surface area contributed by atoms with Crippen LogP contribution in [0.25, 0.3) is 0 Å². The number of likely N-dealkylation sites (tertiary alicyclic amines) is 1. The molecule has 2 rings (SSSR count). The SMILES string of the molecule is CC(C)(CN1CCC2CCCCC2C1)C(=O)NN. The van der Waals surface area contributed by atoms with Gasteiger partial charge in [-0.2, -0.15) is 0 Å². The van der Waals surface area contributed by atoms with E-state index >= 15 is 0 Å². The van der Waals surface area contributed by atoms with Crippen molar-refractivity contribution in [1.82, 2.24) is 10.3 Å². The van der Waals surface area contributed by atoms with Gasteiger partial charge in [-0.25, -0.2) is 5.84 Å². The molecule has 0 spiro atoms. The van der Waals surface area contributed by atoms with E-state index in [-0.39, 0.29) is 5.91 Å². The Bertz CT molecular complexity index is 303.